The number of aliphatic hydroxyl groups excluding tert-OH is 1. The first-order valence-corrected chi connectivity index (χ1v) is 3.74. The molecule has 64 valence electrons. The van der Waals surface area contributed by atoms with E-state index < -0.39 is 17.6 Å². The molecular weight excluding hydrogens is 146 g/mol. The summed E-state index contributed by atoms with van der Waals surface area (Å²) in [6.07, 6.45) is 0.266. The fourth-order valence-corrected chi connectivity index (χ4v) is 0.874. The second kappa shape index (κ2) is 2.79. The van der Waals surface area contributed by atoms with Gasteiger partial charge < -0.3 is 15.6 Å². The SMILES string of the molecule is CCOC(=O)C(O)C1(N)CC1. The Bertz CT molecular complexity index is 165. The van der Waals surface area contributed by atoms with Crippen LogP contribution in [0.3, 0.4) is 0 Å². The molecule has 0 spiro atoms. The van der Waals surface area contributed by atoms with E-state index in [4.69, 9.17) is 5.73 Å². The third-order valence-corrected chi connectivity index (χ3v) is 1.88. The summed E-state index contributed by atoms with van der Waals surface area (Å²) in [6, 6.07) is 0. The zero-order chi connectivity index (χ0) is 8.48. The number of carbonyl (C=O) groups excluding carboxylic acids is 1. The molecule has 4 nitrogen and oxygen atoms in total. The van der Waals surface area contributed by atoms with Crippen LogP contribution < -0.4 is 5.73 Å². The molecule has 0 heterocycles. The number of carbonyl (C=O) groups is 1. The fraction of sp³-hybridized carbons (Fsp3) is 0.857. The minimum Gasteiger partial charge on any atom is -0.464 e. The smallest absolute Gasteiger partial charge is 0.336 e. The van der Waals surface area contributed by atoms with Gasteiger partial charge in [-0.15, -0.1) is 0 Å². The lowest BCUT2D eigenvalue weighted by Crippen LogP contribution is -2.43. The molecule has 1 unspecified atom stereocenters. The number of aliphatic hydroxyl groups is 1. The number of nitrogens with two attached hydrogens (primary N) is 1. The number of esters is 1. The molecule has 4 heteroatoms. The van der Waals surface area contributed by atoms with E-state index in [2.05, 4.69) is 4.74 Å². The fourth-order valence-electron chi connectivity index (χ4n) is 0.874. The maximum absolute atomic E-state index is 10.9. The predicted octanol–water partition coefficient (Wildman–Crippen LogP) is -0.598. The van der Waals surface area contributed by atoms with Gasteiger partial charge in [0.25, 0.3) is 0 Å². The Morgan fingerprint density at radius 2 is 2.36 bits per heavy atom. The summed E-state index contributed by atoms with van der Waals surface area (Å²) in [4.78, 5) is 10.9. The molecule has 0 amide bonds. The Labute approximate surface area is 65.3 Å². The molecule has 1 rings (SSSR count). The highest BCUT2D eigenvalue weighted by Crippen LogP contribution is 2.35. The highest BCUT2D eigenvalue weighted by Gasteiger charge is 2.49. The van der Waals surface area contributed by atoms with Gasteiger partial charge in [0.05, 0.1) is 12.1 Å². The lowest BCUT2D eigenvalue weighted by atomic mass is 10.1. The minimum atomic E-state index is -1.14. The van der Waals surface area contributed by atoms with Crippen molar-refractivity contribution >= 4 is 5.97 Å². The number of rotatable bonds is 3. The largest absolute Gasteiger partial charge is 0.464 e. The van der Waals surface area contributed by atoms with Crippen molar-refractivity contribution in [1.29, 1.82) is 0 Å². The van der Waals surface area contributed by atoms with Crippen molar-refractivity contribution in [3.05, 3.63) is 0 Å². The first-order valence-electron chi connectivity index (χ1n) is 3.74. The summed E-state index contributed by atoms with van der Waals surface area (Å²) in [5.74, 6) is -0.604. The van der Waals surface area contributed by atoms with Crippen molar-refractivity contribution in [2.24, 2.45) is 5.73 Å². The topological polar surface area (TPSA) is 72.5 Å². The zero-order valence-corrected chi connectivity index (χ0v) is 6.54. The standard InChI is InChI=1S/C7H13NO3/c1-2-11-6(10)5(9)7(8)3-4-7/h5,9H,2-4,8H2,1H3. The van der Waals surface area contributed by atoms with E-state index in [-0.39, 0.29) is 6.61 Å². The molecule has 0 bridgehead atoms. The molecule has 0 aromatic heterocycles. The monoisotopic (exact) mass is 159 g/mol. The van der Waals surface area contributed by atoms with Gasteiger partial charge in [-0.05, 0) is 19.8 Å². The van der Waals surface area contributed by atoms with Crippen LogP contribution in [0, 0.1) is 0 Å². The van der Waals surface area contributed by atoms with E-state index in [1.807, 2.05) is 0 Å². The van der Waals surface area contributed by atoms with Crippen molar-refractivity contribution in [3.8, 4) is 0 Å². The van der Waals surface area contributed by atoms with Crippen LogP contribution in [-0.2, 0) is 9.53 Å². The Hall–Kier alpha value is -0.610. The van der Waals surface area contributed by atoms with Gasteiger partial charge in [0.1, 0.15) is 0 Å². The average Bonchev–Trinajstić information content (AvgIpc) is 2.68. The van der Waals surface area contributed by atoms with E-state index in [0.29, 0.717) is 12.8 Å². The molecule has 1 saturated carbocycles. The van der Waals surface area contributed by atoms with Crippen LogP contribution in [0.25, 0.3) is 0 Å². The number of hydrogen-bond acceptors (Lipinski definition) is 4. The maximum atomic E-state index is 10.9. The maximum Gasteiger partial charge on any atom is 0.336 e. The Morgan fingerprint density at radius 1 is 1.82 bits per heavy atom. The molecule has 1 aliphatic carbocycles. The summed E-state index contributed by atoms with van der Waals surface area (Å²) in [5.41, 5.74) is 4.88. The van der Waals surface area contributed by atoms with Crippen LogP contribution in [0.5, 0.6) is 0 Å². The molecule has 0 aromatic carbocycles. The molecule has 1 aliphatic rings. The Balaban J connectivity index is 2.40. The molecule has 1 fully saturated rings. The summed E-state index contributed by atoms with van der Waals surface area (Å²) >= 11 is 0. The molecule has 0 aliphatic heterocycles. The van der Waals surface area contributed by atoms with Crippen molar-refractivity contribution < 1.29 is 14.6 Å². The second-order valence-corrected chi connectivity index (χ2v) is 2.89. The molecular formula is C7H13NO3. The van der Waals surface area contributed by atoms with Crippen LogP contribution in [0.2, 0.25) is 0 Å². The summed E-state index contributed by atoms with van der Waals surface area (Å²) < 4.78 is 4.60. The Morgan fingerprint density at radius 3 is 2.73 bits per heavy atom. The van der Waals surface area contributed by atoms with Gasteiger partial charge >= 0.3 is 5.97 Å². The van der Waals surface area contributed by atoms with Gasteiger partial charge in [-0.2, -0.15) is 0 Å². The first-order chi connectivity index (χ1) is 5.10. The normalized spacial score (nSPS) is 22.5. The van der Waals surface area contributed by atoms with Crippen molar-refractivity contribution in [2.75, 3.05) is 6.61 Å². The lowest BCUT2D eigenvalue weighted by Gasteiger charge is -2.14. The summed E-state index contributed by atoms with van der Waals surface area (Å²) in [7, 11) is 0. The number of hydrogen-bond donors (Lipinski definition) is 2. The second-order valence-electron chi connectivity index (χ2n) is 2.89. The minimum absolute atomic E-state index is 0.284. The van der Waals surface area contributed by atoms with Crippen molar-refractivity contribution in [1.82, 2.24) is 0 Å². The molecule has 0 saturated heterocycles. The van der Waals surface area contributed by atoms with E-state index in [1.54, 1.807) is 6.92 Å². The summed E-state index contributed by atoms with van der Waals surface area (Å²) in [6.45, 7) is 1.98. The third kappa shape index (κ3) is 1.70. The van der Waals surface area contributed by atoms with Gasteiger partial charge in [-0.3, -0.25) is 0 Å². The van der Waals surface area contributed by atoms with E-state index >= 15 is 0 Å². The van der Waals surface area contributed by atoms with Crippen molar-refractivity contribution in [2.45, 2.75) is 31.4 Å². The van der Waals surface area contributed by atoms with Crippen LogP contribution >= 0.6 is 0 Å². The van der Waals surface area contributed by atoms with Gasteiger partial charge in [0.15, 0.2) is 6.10 Å². The van der Waals surface area contributed by atoms with Gasteiger partial charge in [0.2, 0.25) is 0 Å². The third-order valence-electron chi connectivity index (χ3n) is 1.88. The van der Waals surface area contributed by atoms with E-state index in [9.17, 15) is 9.90 Å². The van der Waals surface area contributed by atoms with E-state index in [0.717, 1.165) is 0 Å². The highest BCUT2D eigenvalue weighted by atomic mass is 16.5. The zero-order valence-electron chi connectivity index (χ0n) is 6.54. The van der Waals surface area contributed by atoms with Crippen LogP contribution in [-0.4, -0.2) is 29.3 Å². The van der Waals surface area contributed by atoms with E-state index in [1.165, 1.54) is 0 Å². The van der Waals surface area contributed by atoms with Gasteiger partial charge in [-0.25, -0.2) is 4.79 Å². The Kier molecular flexibility index (Phi) is 2.15. The molecule has 3 N–H and O–H groups in total. The quantitative estimate of drug-likeness (QED) is 0.539. The highest BCUT2D eigenvalue weighted by molar-refractivity contribution is 5.76. The van der Waals surface area contributed by atoms with Crippen LogP contribution in [0.1, 0.15) is 19.8 Å². The predicted molar refractivity (Wildman–Crippen MR) is 38.8 cm³/mol. The lowest BCUT2D eigenvalue weighted by molar-refractivity contribution is -0.154. The molecule has 0 radical (unpaired) electrons. The molecule has 1 atom stereocenters. The molecule has 11 heavy (non-hydrogen) atoms. The first kappa shape index (κ1) is 8.49. The summed E-state index contributed by atoms with van der Waals surface area (Å²) in [5, 5.41) is 9.25. The van der Waals surface area contributed by atoms with Gasteiger partial charge in [-0.1, -0.05) is 0 Å². The average molecular weight is 159 g/mol. The van der Waals surface area contributed by atoms with Gasteiger partial charge in [0, 0.05) is 0 Å². The van der Waals surface area contributed by atoms with Crippen molar-refractivity contribution in [3.63, 3.8) is 0 Å². The molecule has 0 aromatic rings. The number of ether oxygens (including phenoxy) is 1. The van der Waals surface area contributed by atoms with Crippen LogP contribution in [0.15, 0.2) is 0 Å². The van der Waals surface area contributed by atoms with Crippen LogP contribution in [0.4, 0.5) is 0 Å².